The molecule has 21 heavy (non-hydrogen) atoms. The molecule has 1 N–H and O–H groups in total. The van der Waals surface area contributed by atoms with Crippen molar-refractivity contribution in [3.63, 3.8) is 0 Å². The second-order valence-electron chi connectivity index (χ2n) is 6.06. The van der Waals surface area contributed by atoms with Crippen LogP contribution in [-0.2, 0) is 4.74 Å². The maximum Gasteiger partial charge on any atom is 0.0702 e. The summed E-state index contributed by atoms with van der Waals surface area (Å²) in [6.45, 7) is 6.25. The number of nitrogens with one attached hydrogen (secondary N) is 1. The summed E-state index contributed by atoms with van der Waals surface area (Å²) in [5, 5.41) is 3.57. The molecule has 0 spiro atoms. The lowest BCUT2D eigenvalue weighted by atomic mass is 10.0. The van der Waals surface area contributed by atoms with E-state index in [1.54, 1.807) is 0 Å². The van der Waals surface area contributed by atoms with Crippen LogP contribution in [0.5, 0.6) is 0 Å². The fraction of sp³-hybridized carbons (Fsp3) is 0.667. The van der Waals surface area contributed by atoms with Gasteiger partial charge in [0.25, 0.3) is 0 Å². The number of hydrogen-bond acceptors (Lipinski definition) is 3. The van der Waals surface area contributed by atoms with E-state index in [0.717, 1.165) is 26.2 Å². The van der Waals surface area contributed by atoms with E-state index in [0.29, 0.717) is 12.1 Å². The van der Waals surface area contributed by atoms with Crippen LogP contribution in [0.15, 0.2) is 30.3 Å². The van der Waals surface area contributed by atoms with Gasteiger partial charge in [0.15, 0.2) is 0 Å². The highest BCUT2D eigenvalue weighted by Crippen LogP contribution is 2.21. The molecule has 1 aromatic rings. The Bertz CT molecular complexity index is 376. The molecule has 0 saturated carbocycles. The minimum atomic E-state index is 0.404. The monoisotopic (exact) mass is 290 g/mol. The Labute approximate surface area is 129 Å². The van der Waals surface area contributed by atoms with Crippen molar-refractivity contribution in [3.8, 4) is 0 Å². The lowest BCUT2D eigenvalue weighted by molar-refractivity contribution is -0.00831. The molecule has 3 heteroatoms. The molecular formula is C18H30N2O. The number of rotatable bonds is 8. The molecule has 0 amide bonds. The van der Waals surface area contributed by atoms with E-state index in [9.17, 15) is 0 Å². The number of hydrogen-bond donors (Lipinski definition) is 1. The molecule has 0 radical (unpaired) electrons. The first-order chi connectivity index (χ1) is 10.3. The van der Waals surface area contributed by atoms with Gasteiger partial charge in [-0.25, -0.2) is 0 Å². The molecular weight excluding hydrogens is 260 g/mol. The first kappa shape index (κ1) is 16.5. The van der Waals surface area contributed by atoms with Crippen LogP contribution in [0.2, 0.25) is 0 Å². The van der Waals surface area contributed by atoms with Gasteiger partial charge in [-0.2, -0.15) is 0 Å². The third-order valence-electron chi connectivity index (χ3n) is 4.25. The van der Waals surface area contributed by atoms with Crippen LogP contribution in [0.25, 0.3) is 0 Å². The lowest BCUT2D eigenvalue weighted by Crippen LogP contribution is -2.39. The molecule has 2 atom stereocenters. The highest BCUT2D eigenvalue weighted by Gasteiger charge is 2.22. The van der Waals surface area contributed by atoms with Crippen molar-refractivity contribution >= 4 is 0 Å². The van der Waals surface area contributed by atoms with Gasteiger partial charge in [0.1, 0.15) is 0 Å². The quantitative estimate of drug-likeness (QED) is 0.744. The van der Waals surface area contributed by atoms with E-state index >= 15 is 0 Å². The summed E-state index contributed by atoms with van der Waals surface area (Å²) in [6, 6.07) is 11.2. The number of ether oxygens (including phenoxy) is 1. The van der Waals surface area contributed by atoms with Crippen molar-refractivity contribution in [3.05, 3.63) is 35.9 Å². The Hall–Kier alpha value is -0.900. The average molecular weight is 290 g/mol. The van der Waals surface area contributed by atoms with Gasteiger partial charge in [-0.3, -0.25) is 4.90 Å². The van der Waals surface area contributed by atoms with E-state index in [4.69, 9.17) is 4.74 Å². The summed E-state index contributed by atoms with van der Waals surface area (Å²) < 4.78 is 5.90. The number of likely N-dealkylation sites (N-methyl/N-ethyl adjacent to an activating group) is 1. The third kappa shape index (κ3) is 5.42. The zero-order chi connectivity index (χ0) is 14.9. The molecule has 2 unspecified atom stereocenters. The fourth-order valence-corrected chi connectivity index (χ4v) is 3.02. The molecule has 1 aromatic carbocycles. The van der Waals surface area contributed by atoms with Crippen LogP contribution >= 0.6 is 0 Å². The molecule has 1 fully saturated rings. The number of benzene rings is 1. The molecule has 118 valence electrons. The van der Waals surface area contributed by atoms with Crippen LogP contribution in [0, 0.1) is 0 Å². The zero-order valence-electron chi connectivity index (χ0n) is 13.6. The average Bonchev–Trinajstić information content (AvgIpc) is 2.53. The molecule has 0 aromatic heterocycles. The molecule has 3 nitrogen and oxygen atoms in total. The maximum atomic E-state index is 5.90. The molecule has 2 rings (SSSR count). The highest BCUT2D eigenvalue weighted by atomic mass is 16.5. The fourth-order valence-electron chi connectivity index (χ4n) is 3.02. The van der Waals surface area contributed by atoms with Crippen molar-refractivity contribution in [2.75, 3.05) is 33.3 Å². The van der Waals surface area contributed by atoms with Crippen LogP contribution in [0.1, 0.15) is 44.2 Å². The summed E-state index contributed by atoms with van der Waals surface area (Å²) >= 11 is 0. The molecule has 0 bridgehead atoms. The van der Waals surface area contributed by atoms with Crippen LogP contribution in [0.4, 0.5) is 0 Å². The van der Waals surface area contributed by atoms with E-state index in [1.165, 1.54) is 31.2 Å². The summed E-state index contributed by atoms with van der Waals surface area (Å²) in [6.07, 6.45) is 5.31. The second-order valence-corrected chi connectivity index (χ2v) is 6.06. The summed E-state index contributed by atoms with van der Waals surface area (Å²) in [5.74, 6) is 0. The van der Waals surface area contributed by atoms with Crippen molar-refractivity contribution < 1.29 is 4.74 Å². The summed E-state index contributed by atoms with van der Waals surface area (Å²) in [7, 11) is 2.23. The maximum absolute atomic E-state index is 5.90. The van der Waals surface area contributed by atoms with Crippen molar-refractivity contribution in [1.82, 2.24) is 10.2 Å². The largest absolute Gasteiger partial charge is 0.377 e. The molecule has 1 aliphatic rings. The Morgan fingerprint density at radius 2 is 2.10 bits per heavy atom. The zero-order valence-corrected chi connectivity index (χ0v) is 13.6. The van der Waals surface area contributed by atoms with Crippen LogP contribution in [0.3, 0.4) is 0 Å². The number of nitrogens with zero attached hydrogens (tertiary/aromatic N) is 1. The first-order valence-corrected chi connectivity index (χ1v) is 8.38. The normalized spacial score (nSPS) is 20.6. The Balaban J connectivity index is 1.95. The van der Waals surface area contributed by atoms with Gasteiger partial charge in [-0.05, 0) is 44.8 Å². The van der Waals surface area contributed by atoms with Gasteiger partial charge in [0.2, 0.25) is 0 Å². The van der Waals surface area contributed by atoms with Gasteiger partial charge in [-0.1, -0.05) is 37.3 Å². The Kier molecular flexibility index (Phi) is 7.20. The predicted octanol–water partition coefficient (Wildman–Crippen LogP) is 3.23. The second kappa shape index (κ2) is 9.19. The lowest BCUT2D eigenvalue weighted by Gasteiger charge is -2.33. The van der Waals surface area contributed by atoms with Gasteiger partial charge >= 0.3 is 0 Å². The van der Waals surface area contributed by atoms with Crippen molar-refractivity contribution in [2.45, 2.75) is 44.8 Å². The van der Waals surface area contributed by atoms with Crippen LogP contribution in [-0.4, -0.2) is 44.3 Å². The van der Waals surface area contributed by atoms with Gasteiger partial charge in [0.05, 0.1) is 6.10 Å². The molecule has 1 saturated heterocycles. The standard InChI is InChI=1S/C18H30N2O/c1-3-12-19-14-18(16-9-5-4-6-10-16)20(2)15-17-11-7-8-13-21-17/h4-6,9-10,17-19H,3,7-8,11-15H2,1-2H3. The molecule has 1 heterocycles. The summed E-state index contributed by atoms with van der Waals surface area (Å²) in [5.41, 5.74) is 1.39. The SMILES string of the molecule is CCCNCC(c1ccccc1)N(C)CC1CCCCO1. The summed E-state index contributed by atoms with van der Waals surface area (Å²) in [4.78, 5) is 2.45. The Morgan fingerprint density at radius 3 is 2.76 bits per heavy atom. The van der Waals surface area contributed by atoms with E-state index in [1.807, 2.05) is 0 Å². The predicted molar refractivity (Wildman–Crippen MR) is 88.6 cm³/mol. The Morgan fingerprint density at radius 1 is 1.29 bits per heavy atom. The third-order valence-corrected chi connectivity index (χ3v) is 4.25. The van der Waals surface area contributed by atoms with Gasteiger partial charge in [-0.15, -0.1) is 0 Å². The van der Waals surface area contributed by atoms with Crippen molar-refractivity contribution in [1.29, 1.82) is 0 Å². The minimum absolute atomic E-state index is 0.404. The smallest absolute Gasteiger partial charge is 0.0702 e. The molecule has 1 aliphatic heterocycles. The van der Waals surface area contributed by atoms with Gasteiger partial charge in [0, 0.05) is 25.7 Å². The molecule has 0 aliphatic carbocycles. The first-order valence-electron chi connectivity index (χ1n) is 8.38. The highest BCUT2D eigenvalue weighted by molar-refractivity contribution is 5.19. The van der Waals surface area contributed by atoms with Crippen molar-refractivity contribution in [2.24, 2.45) is 0 Å². The van der Waals surface area contributed by atoms with E-state index in [-0.39, 0.29) is 0 Å². The van der Waals surface area contributed by atoms with E-state index < -0.39 is 0 Å². The van der Waals surface area contributed by atoms with E-state index in [2.05, 4.69) is 54.5 Å². The van der Waals surface area contributed by atoms with Crippen LogP contribution < -0.4 is 5.32 Å². The van der Waals surface area contributed by atoms with Gasteiger partial charge < -0.3 is 10.1 Å². The topological polar surface area (TPSA) is 24.5 Å². The minimum Gasteiger partial charge on any atom is -0.377 e.